The summed E-state index contributed by atoms with van der Waals surface area (Å²) in [7, 11) is 1.89. The first-order valence-corrected chi connectivity index (χ1v) is 6.68. The highest BCUT2D eigenvalue weighted by Gasteiger charge is 2.12. The largest absolute Gasteiger partial charge is 0.387 e. The molecule has 19 heavy (non-hydrogen) atoms. The van der Waals surface area contributed by atoms with Gasteiger partial charge in [0.25, 0.3) is 0 Å². The zero-order valence-corrected chi connectivity index (χ0v) is 12.3. The Kier molecular flexibility index (Phi) is 6.28. The Morgan fingerprint density at radius 3 is 2.47 bits per heavy atom. The highest BCUT2D eigenvalue weighted by molar-refractivity contribution is 6.30. The Labute approximate surface area is 119 Å². The molecule has 0 aliphatic rings. The van der Waals surface area contributed by atoms with Crippen LogP contribution in [0.3, 0.4) is 0 Å². The molecule has 1 aromatic carbocycles. The van der Waals surface area contributed by atoms with Crippen LogP contribution in [-0.2, 0) is 4.79 Å². The van der Waals surface area contributed by atoms with Crippen LogP contribution in [0.25, 0.3) is 0 Å². The summed E-state index contributed by atoms with van der Waals surface area (Å²) in [4.78, 5) is 13.6. The Morgan fingerprint density at radius 2 is 1.95 bits per heavy atom. The number of aliphatic hydroxyl groups is 1. The number of benzene rings is 1. The summed E-state index contributed by atoms with van der Waals surface area (Å²) in [6.45, 7) is 4.57. The van der Waals surface area contributed by atoms with Crippen molar-refractivity contribution < 1.29 is 9.90 Å². The van der Waals surface area contributed by atoms with Crippen LogP contribution >= 0.6 is 11.6 Å². The number of likely N-dealkylation sites (N-methyl/N-ethyl adjacent to an activating group) is 1. The van der Waals surface area contributed by atoms with Gasteiger partial charge < -0.3 is 10.4 Å². The first kappa shape index (κ1) is 16.0. The SMILES string of the molecule is CC(C)N(C)CC(=O)NCC(O)c1ccc(Cl)cc1. The maximum absolute atomic E-state index is 11.7. The van der Waals surface area contributed by atoms with E-state index in [1.807, 2.05) is 25.8 Å². The van der Waals surface area contributed by atoms with Gasteiger partial charge in [0.2, 0.25) is 5.91 Å². The Hall–Kier alpha value is -1.10. The van der Waals surface area contributed by atoms with Crippen LogP contribution in [0.15, 0.2) is 24.3 Å². The lowest BCUT2D eigenvalue weighted by Crippen LogP contribution is -2.39. The van der Waals surface area contributed by atoms with Gasteiger partial charge in [0.1, 0.15) is 0 Å². The Bertz CT molecular complexity index is 406. The van der Waals surface area contributed by atoms with Crippen molar-refractivity contribution in [2.45, 2.75) is 26.0 Å². The van der Waals surface area contributed by atoms with E-state index in [2.05, 4.69) is 5.32 Å². The number of aliphatic hydroxyl groups excluding tert-OH is 1. The summed E-state index contributed by atoms with van der Waals surface area (Å²) in [5.74, 6) is -0.0933. The number of carbonyl (C=O) groups excluding carboxylic acids is 1. The predicted octanol–water partition coefficient (Wildman–Crippen LogP) is 1.83. The fourth-order valence-electron chi connectivity index (χ4n) is 1.48. The molecule has 1 atom stereocenters. The van der Waals surface area contributed by atoms with Crippen LogP contribution in [-0.4, -0.2) is 42.1 Å². The van der Waals surface area contributed by atoms with E-state index in [1.54, 1.807) is 24.3 Å². The zero-order valence-electron chi connectivity index (χ0n) is 11.6. The third kappa shape index (κ3) is 5.59. The zero-order chi connectivity index (χ0) is 14.4. The number of halogens is 1. The average Bonchev–Trinajstić information content (AvgIpc) is 2.36. The van der Waals surface area contributed by atoms with Gasteiger partial charge >= 0.3 is 0 Å². The molecule has 106 valence electrons. The summed E-state index contributed by atoms with van der Waals surface area (Å²) in [5, 5.41) is 13.3. The Balaban J connectivity index is 2.39. The minimum atomic E-state index is -0.717. The summed E-state index contributed by atoms with van der Waals surface area (Å²) in [6.07, 6.45) is -0.717. The molecule has 2 N–H and O–H groups in total. The minimum Gasteiger partial charge on any atom is -0.387 e. The van der Waals surface area contributed by atoms with Crippen molar-refractivity contribution >= 4 is 17.5 Å². The van der Waals surface area contributed by atoms with E-state index < -0.39 is 6.10 Å². The molecule has 4 nitrogen and oxygen atoms in total. The fraction of sp³-hybridized carbons (Fsp3) is 0.500. The van der Waals surface area contributed by atoms with Gasteiger partial charge in [-0.3, -0.25) is 9.69 Å². The van der Waals surface area contributed by atoms with Crippen LogP contribution in [0, 0.1) is 0 Å². The topological polar surface area (TPSA) is 52.6 Å². The van der Waals surface area contributed by atoms with E-state index >= 15 is 0 Å². The van der Waals surface area contributed by atoms with Crippen LogP contribution in [0.4, 0.5) is 0 Å². The molecule has 0 bridgehead atoms. The van der Waals surface area contributed by atoms with Gasteiger partial charge in [-0.2, -0.15) is 0 Å². The standard InChI is InChI=1S/C14H21ClN2O2/c1-10(2)17(3)9-14(19)16-8-13(18)11-4-6-12(15)7-5-11/h4-7,10,13,18H,8-9H2,1-3H3,(H,16,19). The van der Waals surface area contributed by atoms with Gasteiger partial charge in [-0.05, 0) is 38.6 Å². The predicted molar refractivity (Wildman–Crippen MR) is 77.2 cm³/mol. The maximum atomic E-state index is 11.7. The van der Waals surface area contributed by atoms with Gasteiger partial charge in [0.15, 0.2) is 0 Å². The number of nitrogens with zero attached hydrogens (tertiary/aromatic N) is 1. The number of nitrogens with one attached hydrogen (secondary N) is 1. The highest BCUT2D eigenvalue weighted by Crippen LogP contribution is 2.15. The number of hydrogen-bond acceptors (Lipinski definition) is 3. The molecule has 5 heteroatoms. The third-order valence-electron chi connectivity index (χ3n) is 3.02. The molecule has 0 aromatic heterocycles. The van der Waals surface area contributed by atoms with E-state index in [-0.39, 0.29) is 12.5 Å². The molecule has 0 fully saturated rings. The second kappa shape index (κ2) is 7.48. The van der Waals surface area contributed by atoms with Crippen molar-refractivity contribution in [2.75, 3.05) is 20.1 Å². The van der Waals surface area contributed by atoms with Gasteiger partial charge in [-0.15, -0.1) is 0 Å². The van der Waals surface area contributed by atoms with Crippen molar-refractivity contribution in [3.63, 3.8) is 0 Å². The first-order chi connectivity index (χ1) is 8.90. The van der Waals surface area contributed by atoms with Crippen molar-refractivity contribution in [1.29, 1.82) is 0 Å². The molecule has 0 radical (unpaired) electrons. The van der Waals surface area contributed by atoms with Crippen LogP contribution in [0.2, 0.25) is 5.02 Å². The number of hydrogen-bond donors (Lipinski definition) is 2. The summed E-state index contributed by atoms with van der Waals surface area (Å²) >= 11 is 5.77. The van der Waals surface area contributed by atoms with Gasteiger partial charge in [0, 0.05) is 17.6 Å². The molecule has 0 aliphatic carbocycles. The lowest BCUT2D eigenvalue weighted by molar-refractivity contribution is -0.122. The Morgan fingerprint density at radius 1 is 1.37 bits per heavy atom. The molecule has 0 spiro atoms. The molecule has 1 amide bonds. The molecule has 1 rings (SSSR count). The van der Waals surface area contributed by atoms with Gasteiger partial charge in [0.05, 0.1) is 12.6 Å². The van der Waals surface area contributed by atoms with Gasteiger partial charge in [-0.25, -0.2) is 0 Å². The second-order valence-electron chi connectivity index (χ2n) is 4.88. The molecule has 0 saturated carbocycles. The van der Waals surface area contributed by atoms with Crippen LogP contribution in [0.1, 0.15) is 25.5 Å². The summed E-state index contributed by atoms with van der Waals surface area (Å²) < 4.78 is 0. The van der Waals surface area contributed by atoms with E-state index in [9.17, 15) is 9.90 Å². The highest BCUT2D eigenvalue weighted by atomic mass is 35.5. The summed E-state index contributed by atoms with van der Waals surface area (Å²) in [6, 6.07) is 7.24. The fourth-order valence-corrected chi connectivity index (χ4v) is 1.60. The summed E-state index contributed by atoms with van der Waals surface area (Å²) in [5.41, 5.74) is 0.738. The van der Waals surface area contributed by atoms with Gasteiger partial charge in [-0.1, -0.05) is 23.7 Å². The first-order valence-electron chi connectivity index (χ1n) is 6.30. The molecule has 1 aromatic rings. The third-order valence-corrected chi connectivity index (χ3v) is 3.27. The quantitative estimate of drug-likeness (QED) is 0.838. The number of rotatable bonds is 6. The van der Waals surface area contributed by atoms with Crippen LogP contribution in [0.5, 0.6) is 0 Å². The van der Waals surface area contributed by atoms with E-state index in [0.29, 0.717) is 17.6 Å². The second-order valence-corrected chi connectivity index (χ2v) is 5.32. The van der Waals surface area contributed by atoms with Crippen molar-refractivity contribution in [2.24, 2.45) is 0 Å². The molecular formula is C14H21ClN2O2. The van der Waals surface area contributed by atoms with Crippen molar-refractivity contribution in [3.05, 3.63) is 34.9 Å². The molecule has 0 aliphatic heterocycles. The minimum absolute atomic E-state index is 0.0933. The lowest BCUT2D eigenvalue weighted by atomic mass is 10.1. The maximum Gasteiger partial charge on any atom is 0.234 e. The molecule has 1 unspecified atom stereocenters. The number of carbonyl (C=O) groups is 1. The van der Waals surface area contributed by atoms with Crippen LogP contribution < -0.4 is 5.32 Å². The van der Waals surface area contributed by atoms with Crippen molar-refractivity contribution in [3.8, 4) is 0 Å². The average molecular weight is 285 g/mol. The number of amides is 1. The smallest absolute Gasteiger partial charge is 0.234 e. The molecular weight excluding hydrogens is 264 g/mol. The molecule has 0 heterocycles. The monoisotopic (exact) mass is 284 g/mol. The van der Waals surface area contributed by atoms with Crippen molar-refractivity contribution in [1.82, 2.24) is 10.2 Å². The van der Waals surface area contributed by atoms with E-state index in [1.165, 1.54) is 0 Å². The van der Waals surface area contributed by atoms with E-state index in [4.69, 9.17) is 11.6 Å². The molecule has 0 saturated heterocycles. The normalized spacial score (nSPS) is 12.8. The van der Waals surface area contributed by atoms with E-state index in [0.717, 1.165) is 5.56 Å². The lowest BCUT2D eigenvalue weighted by Gasteiger charge is -2.20.